The van der Waals surface area contributed by atoms with Crippen LogP contribution in [0.4, 0.5) is 5.69 Å². The Morgan fingerprint density at radius 3 is 2.59 bits per heavy atom. The molecule has 1 aromatic heterocycles. The van der Waals surface area contributed by atoms with Crippen LogP contribution in [-0.2, 0) is 6.42 Å². The summed E-state index contributed by atoms with van der Waals surface area (Å²) in [6.45, 7) is 0. The van der Waals surface area contributed by atoms with E-state index < -0.39 is 0 Å². The van der Waals surface area contributed by atoms with Crippen LogP contribution < -0.4 is 17.0 Å². The average Bonchev–Trinajstić information content (AvgIpc) is 2.73. The summed E-state index contributed by atoms with van der Waals surface area (Å²) in [6.07, 6.45) is 0.780. The second-order valence-electron chi connectivity index (χ2n) is 3.76. The molecule has 0 bridgehead atoms. The molecule has 3 nitrogen and oxygen atoms in total. The maximum atomic E-state index is 5.94. The van der Waals surface area contributed by atoms with E-state index in [1.807, 2.05) is 36.4 Å². The first-order chi connectivity index (χ1) is 8.20. The molecule has 0 aliphatic rings. The monoisotopic (exact) mass is 267 g/mol. The van der Waals surface area contributed by atoms with Gasteiger partial charge in [0.1, 0.15) is 0 Å². The first kappa shape index (κ1) is 12.4. The fourth-order valence-corrected chi connectivity index (χ4v) is 2.88. The van der Waals surface area contributed by atoms with Gasteiger partial charge in [0.15, 0.2) is 0 Å². The molecular weight excluding hydrogens is 254 g/mol. The van der Waals surface area contributed by atoms with Gasteiger partial charge in [-0.1, -0.05) is 29.8 Å². The molecule has 1 unspecified atom stereocenters. The molecule has 5 heteroatoms. The molecule has 1 aromatic carbocycles. The minimum Gasteiger partial charge on any atom is -0.398 e. The van der Waals surface area contributed by atoms with Gasteiger partial charge in [-0.25, -0.2) is 0 Å². The number of halogens is 1. The van der Waals surface area contributed by atoms with Crippen molar-refractivity contribution in [1.82, 2.24) is 5.43 Å². The van der Waals surface area contributed by atoms with Crippen molar-refractivity contribution >= 4 is 28.6 Å². The molecule has 0 aliphatic carbocycles. The number of thiophene rings is 1. The first-order valence-corrected chi connectivity index (χ1v) is 6.45. The van der Waals surface area contributed by atoms with Gasteiger partial charge < -0.3 is 5.73 Å². The number of hydrogen-bond donors (Lipinski definition) is 3. The number of nitrogen functional groups attached to an aromatic ring is 1. The Labute approximate surface area is 109 Å². The number of rotatable bonds is 4. The standard InChI is InChI=1S/C12H14ClN3S/c13-12-6-5-8(17-12)7-11(16-15)9-3-1-2-4-10(9)14/h1-6,11,16H,7,14-15H2. The van der Waals surface area contributed by atoms with Crippen molar-refractivity contribution in [2.24, 2.45) is 5.84 Å². The van der Waals surface area contributed by atoms with Crippen LogP contribution in [-0.4, -0.2) is 0 Å². The van der Waals surface area contributed by atoms with Gasteiger partial charge in [-0.3, -0.25) is 11.3 Å². The molecule has 1 atom stereocenters. The molecule has 0 spiro atoms. The van der Waals surface area contributed by atoms with E-state index in [1.165, 1.54) is 4.88 Å². The minimum atomic E-state index is 0.00548. The lowest BCUT2D eigenvalue weighted by Crippen LogP contribution is -2.29. The Balaban J connectivity index is 2.20. The van der Waals surface area contributed by atoms with E-state index in [2.05, 4.69) is 5.43 Å². The molecule has 2 aromatic rings. The Morgan fingerprint density at radius 1 is 1.24 bits per heavy atom. The fraction of sp³-hybridized carbons (Fsp3) is 0.167. The minimum absolute atomic E-state index is 0.00548. The van der Waals surface area contributed by atoms with E-state index in [4.69, 9.17) is 23.2 Å². The van der Waals surface area contributed by atoms with Crippen molar-refractivity contribution < 1.29 is 0 Å². The van der Waals surface area contributed by atoms with E-state index in [0.29, 0.717) is 0 Å². The molecule has 90 valence electrons. The third-order valence-corrected chi connectivity index (χ3v) is 3.86. The van der Waals surface area contributed by atoms with Crippen molar-refractivity contribution in [2.75, 3.05) is 5.73 Å². The van der Waals surface area contributed by atoms with Crippen LogP contribution in [0.2, 0.25) is 4.34 Å². The Bertz CT molecular complexity index is 498. The zero-order chi connectivity index (χ0) is 12.3. The molecular formula is C12H14ClN3S. The van der Waals surface area contributed by atoms with Crippen LogP contribution >= 0.6 is 22.9 Å². The number of nitrogens with one attached hydrogen (secondary N) is 1. The second-order valence-corrected chi connectivity index (χ2v) is 5.56. The highest BCUT2D eigenvalue weighted by Gasteiger charge is 2.14. The molecule has 1 heterocycles. The van der Waals surface area contributed by atoms with E-state index in [0.717, 1.165) is 22.0 Å². The van der Waals surface area contributed by atoms with Gasteiger partial charge in [0.2, 0.25) is 0 Å². The summed E-state index contributed by atoms with van der Waals surface area (Å²) >= 11 is 7.47. The van der Waals surface area contributed by atoms with Gasteiger partial charge >= 0.3 is 0 Å². The lowest BCUT2D eigenvalue weighted by atomic mass is 10.0. The molecule has 5 N–H and O–H groups in total. The largest absolute Gasteiger partial charge is 0.398 e. The quantitative estimate of drug-likeness (QED) is 0.453. The summed E-state index contributed by atoms with van der Waals surface area (Å²) in [6, 6.07) is 11.6. The summed E-state index contributed by atoms with van der Waals surface area (Å²) in [7, 11) is 0. The smallest absolute Gasteiger partial charge is 0.0931 e. The Hall–Kier alpha value is -1.07. The highest BCUT2D eigenvalue weighted by Crippen LogP contribution is 2.28. The summed E-state index contributed by atoms with van der Waals surface area (Å²) in [5, 5.41) is 0. The normalized spacial score (nSPS) is 12.6. The van der Waals surface area contributed by atoms with Crippen LogP contribution in [0.5, 0.6) is 0 Å². The Morgan fingerprint density at radius 2 is 2.00 bits per heavy atom. The lowest BCUT2D eigenvalue weighted by Gasteiger charge is -2.17. The van der Waals surface area contributed by atoms with Crippen molar-refractivity contribution in [3.8, 4) is 0 Å². The number of hydrogen-bond acceptors (Lipinski definition) is 4. The molecule has 0 saturated carbocycles. The van der Waals surface area contributed by atoms with E-state index in [-0.39, 0.29) is 6.04 Å². The van der Waals surface area contributed by atoms with Gasteiger partial charge in [0.05, 0.1) is 10.4 Å². The molecule has 17 heavy (non-hydrogen) atoms. The number of hydrazine groups is 1. The maximum absolute atomic E-state index is 5.94. The van der Waals surface area contributed by atoms with Crippen molar-refractivity contribution in [3.05, 3.63) is 51.2 Å². The highest BCUT2D eigenvalue weighted by molar-refractivity contribution is 7.16. The SMILES string of the molecule is NNC(Cc1ccc(Cl)s1)c1ccccc1N. The van der Waals surface area contributed by atoms with Crippen molar-refractivity contribution in [1.29, 1.82) is 0 Å². The van der Waals surface area contributed by atoms with E-state index in [9.17, 15) is 0 Å². The summed E-state index contributed by atoms with van der Waals surface area (Å²) < 4.78 is 0.789. The van der Waals surface area contributed by atoms with Gasteiger partial charge in [-0.05, 0) is 23.8 Å². The number of anilines is 1. The zero-order valence-electron chi connectivity index (χ0n) is 9.19. The van der Waals surface area contributed by atoms with Gasteiger partial charge in [0.25, 0.3) is 0 Å². The third-order valence-electron chi connectivity index (χ3n) is 2.61. The molecule has 0 saturated heterocycles. The van der Waals surface area contributed by atoms with Gasteiger partial charge in [-0.15, -0.1) is 11.3 Å². The summed E-state index contributed by atoms with van der Waals surface area (Å²) in [5.41, 5.74) is 10.5. The fourth-order valence-electron chi connectivity index (χ4n) is 1.75. The lowest BCUT2D eigenvalue weighted by molar-refractivity contribution is 0.557. The van der Waals surface area contributed by atoms with Crippen LogP contribution in [0.3, 0.4) is 0 Å². The molecule has 0 radical (unpaired) electrons. The zero-order valence-corrected chi connectivity index (χ0v) is 10.8. The van der Waals surface area contributed by atoms with Crippen LogP contribution in [0, 0.1) is 0 Å². The summed E-state index contributed by atoms with van der Waals surface area (Å²) in [5.74, 6) is 5.59. The van der Waals surface area contributed by atoms with Crippen LogP contribution in [0.1, 0.15) is 16.5 Å². The van der Waals surface area contributed by atoms with Crippen molar-refractivity contribution in [2.45, 2.75) is 12.5 Å². The average molecular weight is 268 g/mol. The number of benzene rings is 1. The first-order valence-electron chi connectivity index (χ1n) is 5.25. The predicted octanol–water partition coefficient (Wildman–Crippen LogP) is 2.73. The maximum Gasteiger partial charge on any atom is 0.0931 e. The predicted molar refractivity (Wildman–Crippen MR) is 74.0 cm³/mol. The molecule has 0 aliphatic heterocycles. The summed E-state index contributed by atoms with van der Waals surface area (Å²) in [4.78, 5) is 1.18. The van der Waals surface area contributed by atoms with E-state index >= 15 is 0 Å². The third kappa shape index (κ3) is 2.98. The number of para-hydroxylation sites is 1. The highest BCUT2D eigenvalue weighted by atomic mass is 35.5. The topological polar surface area (TPSA) is 64.1 Å². The molecule has 0 fully saturated rings. The Kier molecular flexibility index (Phi) is 4.02. The van der Waals surface area contributed by atoms with Crippen LogP contribution in [0.15, 0.2) is 36.4 Å². The van der Waals surface area contributed by atoms with E-state index in [1.54, 1.807) is 11.3 Å². The van der Waals surface area contributed by atoms with Crippen molar-refractivity contribution in [3.63, 3.8) is 0 Å². The molecule has 0 amide bonds. The number of nitrogens with two attached hydrogens (primary N) is 2. The second kappa shape index (κ2) is 5.51. The van der Waals surface area contributed by atoms with Crippen LogP contribution in [0.25, 0.3) is 0 Å². The van der Waals surface area contributed by atoms with Gasteiger partial charge in [-0.2, -0.15) is 0 Å². The van der Waals surface area contributed by atoms with Gasteiger partial charge in [0, 0.05) is 17.0 Å². The molecule has 2 rings (SSSR count).